The number of rotatable bonds is 25. The number of hydrogen-bond acceptors (Lipinski definition) is 0. The molecular formula is C68H84. The molecule has 0 fully saturated rings. The molecule has 0 nitrogen and oxygen atoms in total. The fraction of sp³-hybridized carbons (Fsp3) is 0.471. The van der Waals surface area contributed by atoms with Crippen molar-refractivity contribution >= 4 is 0 Å². The second-order valence-electron chi connectivity index (χ2n) is 21.9. The molecule has 0 aliphatic heterocycles. The highest BCUT2D eigenvalue weighted by Crippen LogP contribution is 2.58. The summed E-state index contributed by atoms with van der Waals surface area (Å²) in [4.78, 5) is 0. The Kier molecular flexibility index (Phi) is 15.6. The van der Waals surface area contributed by atoms with Crippen LogP contribution in [0, 0.1) is 13.8 Å². The third-order valence-electron chi connectivity index (χ3n) is 17.6. The highest BCUT2D eigenvalue weighted by Gasteiger charge is 2.46. The van der Waals surface area contributed by atoms with Crippen molar-refractivity contribution in [1.82, 2.24) is 0 Å². The van der Waals surface area contributed by atoms with Crippen molar-refractivity contribution in [1.29, 1.82) is 0 Å². The van der Waals surface area contributed by atoms with Crippen molar-refractivity contribution < 1.29 is 0 Å². The highest BCUT2D eigenvalue weighted by molar-refractivity contribution is 5.85. The van der Waals surface area contributed by atoms with Gasteiger partial charge in [0.05, 0.1) is 0 Å². The molecule has 0 amide bonds. The molecule has 0 saturated carbocycles. The summed E-state index contributed by atoms with van der Waals surface area (Å²) in [7, 11) is 0. The van der Waals surface area contributed by atoms with Crippen molar-refractivity contribution in [2.45, 2.75) is 206 Å². The van der Waals surface area contributed by atoms with E-state index < -0.39 is 0 Å². The zero-order chi connectivity index (χ0) is 47.1. The van der Waals surface area contributed by atoms with E-state index in [-0.39, 0.29) is 10.8 Å². The summed E-state index contributed by atoms with van der Waals surface area (Å²) < 4.78 is 0. The Morgan fingerprint density at radius 3 is 1.49 bits per heavy atom. The summed E-state index contributed by atoms with van der Waals surface area (Å²) in [6.45, 7) is 14.2. The quantitative estimate of drug-likeness (QED) is 0.0502. The molecule has 0 aromatic heterocycles. The number of aryl methyl sites for hydroxylation is 6. The number of benzene rings is 6. The minimum Gasteiger partial charge on any atom is -0.0654 e. The Labute approximate surface area is 413 Å². The standard InChI is InChI=1S/C68H84/c1-7-11-13-17-29-51-43-52(30-18-14-12-8-2)45-57(44-51)68(65-41-49(5)53(9-3)47-61(65)62-48-54(10-4)50(6)42-66(62)68)40-28-16-27-39-67(38-26-15-19-31-55-46-56-32-20-21-33-58(55)56)63-36-24-22-34-59(63)60-35-23-25-37-64(60)67/h20-25,32-37,41-45,47-48,55H,7-19,26-31,38-40,46H2,1-6H3. The molecule has 1 atom stereocenters. The van der Waals surface area contributed by atoms with Crippen LogP contribution in [0.2, 0.25) is 0 Å². The van der Waals surface area contributed by atoms with Crippen LogP contribution in [0.3, 0.4) is 0 Å². The van der Waals surface area contributed by atoms with E-state index in [4.69, 9.17) is 0 Å². The van der Waals surface area contributed by atoms with E-state index in [9.17, 15) is 0 Å². The van der Waals surface area contributed by atoms with Gasteiger partial charge in [-0.1, -0.05) is 220 Å². The Bertz CT molecular complexity index is 2510. The van der Waals surface area contributed by atoms with Crippen molar-refractivity contribution in [3.05, 3.63) is 188 Å². The lowest BCUT2D eigenvalue weighted by atomic mass is 9.67. The van der Waals surface area contributed by atoms with Crippen LogP contribution in [0.4, 0.5) is 0 Å². The molecule has 0 N–H and O–H groups in total. The monoisotopic (exact) mass is 901 g/mol. The normalized spacial score (nSPS) is 15.6. The molecule has 6 aromatic rings. The Balaban J connectivity index is 1.03. The van der Waals surface area contributed by atoms with Crippen LogP contribution in [0.1, 0.15) is 222 Å². The Morgan fingerprint density at radius 1 is 0.441 bits per heavy atom. The van der Waals surface area contributed by atoms with Crippen LogP contribution in [0.25, 0.3) is 22.3 Å². The van der Waals surface area contributed by atoms with Crippen molar-refractivity contribution in [3.63, 3.8) is 0 Å². The van der Waals surface area contributed by atoms with Crippen molar-refractivity contribution in [2.75, 3.05) is 0 Å². The van der Waals surface area contributed by atoms with Crippen LogP contribution in [0.15, 0.2) is 115 Å². The van der Waals surface area contributed by atoms with Crippen molar-refractivity contribution in [2.24, 2.45) is 0 Å². The summed E-state index contributed by atoms with van der Waals surface area (Å²) in [6, 6.07) is 46.7. The predicted molar refractivity (Wildman–Crippen MR) is 294 cm³/mol. The Morgan fingerprint density at radius 2 is 0.941 bits per heavy atom. The van der Waals surface area contributed by atoms with E-state index >= 15 is 0 Å². The van der Waals surface area contributed by atoms with Crippen molar-refractivity contribution in [3.8, 4) is 22.3 Å². The average molecular weight is 901 g/mol. The molecule has 3 aliphatic rings. The first-order valence-corrected chi connectivity index (χ1v) is 28.0. The molecule has 0 heteroatoms. The maximum absolute atomic E-state index is 2.71. The topological polar surface area (TPSA) is 0 Å². The molecule has 68 heavy (non-hydrogen) atoms. The molecule has 356 valence electrons. The Hall–Kier alpha value is -4.68. The van der Waals surface area contributed by atoms with E-state index in [1.54, 1.807) is 50.1 Å². The van der Waals surface area contributed by atoms with E-state index in [0.717, 1.165) is 25.2 Å². The molecule has 0 radical (unpaired) electrons. The minimum absolute atomic E-state index is 0.0839. The van der Waals surface area contributed by atoms with Gasteiger partial charge in [-0.25, -0.2) is 0 Å². The van der Waals surface area contributed by atoms with Crippen LogP contribution in [0.5, 0.6) is 0 Å². The van der Waals surface area contributed by atoms with E-state index in [0.29, 0.717) is 0 Å². The van der Waals surface area contributed by atoms with Crippen LogP contribution in [-0.2, 0) is 42.9 Å². The maximum atomic E-state index is 2.71. The second-order valence-corrected chi connectivity index (χ2v) is 21.9. The number of hydrogen-bond donors (Lipinski definition) is 0. The average Bonchev–Trinajstić information content (AvgIpc) is 3.77. The van der Waals surface area contributed by atoms with Gasteiger partial charge in [0.25, 0.3) is 0 Å². The lowest BCUT2D eigenvalue weighted by Gasteiger charge is -2.35. The van der Waals surface area contributed by atoms with Crippen LogP contribution in [-0.4, -0.2) is 0 Å². The van der Waals surface area contributed by atoms with Crippen LogP contribution >= 0.6 is 0 Å². The van der Waals surface area contributed by atoms with Gasteiger partial charge in [0, 0.05) is 10.8 Å². The van der Waals surface area contributed by atoms with Gasteiger partial charge in [0.2, 0.25) is 0 Å². The van der Waals surface area contributed by atoms with E-state index in [2.05, 4.69) is 157 Å². The molecule has 9 rings (SSSR count). The predicted octanol–water partition coefficient (Wildman–Crippen LogP) is 19.2. The molecule has 0 spiro atoms. The number of fused-ring (bicyclic) bond motifs is 7. The minimum atomic E-state index is -0.165. The van der Waals surface area contributed by atoms with Crippen LogP contribution < -0.4 is 0 Å². The van der Waals surface area contributed by atoms with Gasteiger partial charge < -0.3 is 0 Å². The molecule has 0 heterocycles. The largest absolute Gasteiger partial charge is 0.0654 e. The molecule has 0 bridgehead atoms. The summed E-state index contributed by atoms with van der Waals surface area (Å²) >= 11 is 0. The van der Waals surface area contributed by atoms with Gasteiger partial charge in [-0.15, -0.1) is 0 Å². The first kappa shape index (κ1) is 48.3. The highest BCUT2D eigenvalue weighted by atomic mass is 14.5. The first-order valence-electron chi connectivity index (χ1n) is 28.0. The smallest absolute Gasteiger partial charge is 0.0464 e. The van der Waals surface area contributed by atoms with Gasteiger partial charge in [-0.2, -0.15) is 0 Å². The molecule has 3 aliphatic carbocycles. The van der Waals surface area contributed by atoms with Gasteiger partial charge in [-0.05, 0) is 185 Å². The zero-order valence-corrected chi connectivity index (χ0v) is 43.3. The second kappa shape index (κ2) is 22.0. The summed E-state index contributed by atoms with van der Waals surface area (Å²) in [5, 5.41) is 0. The molecule has 6 aromatic carbocycles. The first-order chi connectivity index (χ1) is 33.3. The van der Waals surface area contributed by atoms with Gasteiger partial charge in [-0.3, -0.25) is 0 Å². The molecule has 0 saturated heterocycles. The summed E-state index contributed by atoms with van der Waals surface area (Å²) in [5.41, 5.74) is 26.1. The summed E-state index contributed by atoms with van der Waals surface area (Å²) in [5.74, 6) is 0.774. The third-order valence-corrected chi connectivity index (χ3v) is 17.6. The fourth-order valence-corrected chi connectivity index (χ4v) is 13.8. The van der Waals surface area contributed by atoms with Gasteiger partial charge >= 0.3 is 0 Å². The van der Waals surface area contributed by atoms with E-state index in [1.165, 1.54) is 173 Å². The lowest BCUT2D eigenvalue weighted by molar-refractivity contribution is 0.391. The molecule has 1 unspecified atom stereocenters. The third kappa shape index (κ3) is 9.49. The summed E-state index contributed by atoms with van der Waals surface area (Å²) in [6.07, 6.45) is 28.9. The zero-order valence-electron chi connectivity index (χ0n) is 43.3. The SMILES string of the molecule is CCCCCCc1cc(CCCCCC)cc(C2(CCCCCC3(CCCCCC4Cc5ccccc54)c4ccccc4-c4ccccc43)c3cc(C)c(CC)cc3-c3cc(CC)c(C)cc32)c1. The fourth-order valence-electron chi connectivity index (χ4n) is 13.8. The van der Waals surface area contributed by atoms with E-state index in [1.807, 2.05) is 0 Å². The van der Waals surface area contributed by atoms with Gasteiger partial charge in [0.15, 0.2) is 0 Å². The maximum Gasteiger partial charge on any atom is 0.0464 e. The van der Waals surface area contributed by atoms with Gasteiger partial charge in [0.1, 0.15) is 0 Å². The number of unbranched alkanes of at least 4 members (excludes halogenated alkanes) is 10. The lowest BCUT2D eigenvalue weighted by Crippen LogP contribution is -2.28. The molecular weight excluding hydrogens is 817 g/mol.